The maximum absolute atomic E-state index is 10.7. The van der Waals surface area contributed by atoms with Gasteiger partial charge in [-0.2, -0.15) is 0 Å². The van der Waals surface area contributed by atoms with E-state index >= 15 is 0 Å². The van der Waals surface area contributed by atoms with Crippen molar-refractivity contribution in [2.24, 2.45) is 4.99 Å². The first-order chi connectivity index (χ1) is 4.10. The number of hydrogen-bond donors (Lipinski definition) is 1. The van der Waals surface area contributed by atoms with Crippen LogP contribution in [0, 0.1) is 0 Å². The monoisotopic (exact) mass is 126 g/mol. The van der Waals surface area contributed by atoms with Gasteiger partial charge < -0.3 is 5.32 Å². The second-order valence-electron chi connectivity index (χ2n) is 2.81. The van der Waals surface area contributed by atoms with Crippen LogP contribution in [0.1, 0.15) is 20.3 Å². The van der Waals surface area contributed by atoms with E-state index in [0.29, 0.717) is 6.42 Å². The number of hydrogen-bond acceptors (Lipinski definition) is 2. The van der Waals surface area contributed by atoms with Crippen molar-refractivity contribution in [1.29, 1.82) is 0 Å². The van der Waals surface area contributed by atoms with Gasteiger partial charge in [0, 0.05) is 0 Å². The highest BCUT2D eigenvalue weighted by atomic mass is 16.1. The predicted molar refractivity (Wildman–Crippen MR) is 35.3 cm³/mol. The maximum Gasteiger partial charge on any atom is 0.227 e. The topological polar surface area (TPSA) is 41.5 Å². The van der Waals surface area contributed by atoms with Crippen LogP contribution >= 0.6 is 0 Å². The number of aliphatic imine (C=N–C) groups is 1. The third kappa shape index (κ3) is 1.52. The van der Waals surface area contributed by atoms with Gasteiger partial charge in [0.2, 0.25) is 5.91 Å². The molecule has 0 aromatic rings. The van der Waals surface area contributed by atoms with Crippen LogP contribution in [0.3, 0.4) is 0 Å². The van der Waals surface area contributed by atoms with Gasteiger partial charge in [-0.15, -0.1) is 0 Å². The van der Waals surface area contributed by atoms with E-state index in [0.717, 1.165) is 0 Å². The largest absolute Gasteiger partial charge is 0.317 e. The van der Waals surface area contributed by atoms with Crippen LogP contribution in [0.5, 0.6) is 0 Å². The lowest BCUT2D eigenvalue weighted by molar-refractivity contribution is -0.120. The molecule has 0 bridgehead atoms. The number of nitrogens with zero attached hydrogens (tertiary/aromatic N) is 1. The fourth-order valence-electron chi connectivity index (χ4n) is 0.769. The van der Waals surface area contributed by atoms with Crippen LogP contribution < -0.4 is 5.32 Å². The zero-order valence-electron chi connectivity index (χ0n) is 5.64. The quantitative estimate of drug-likeness (QED) is 0.498. The molecule has 1 aliphatic heterocycles. The highest BCUT2D eigenvalue weighted by Gasteiger charge is 2.22. The molecule has 0 radical (unpaired) electrons. The molecule has 1 N–H and O–H groups in total. The van der Waals surface area contributed by atoms with E-state index in [1.54, 1.807) is 0 Å². The Hall–Kier alpha value is -0.860. The van der Waals surface area contributed by atoms with E-state index in [1.807, 2.05) is 13.8 Å². The normalized spacial score (nSPS) is 23.6. The highest BCUT2D eigenvalue weighted by molar-refractivity contribution is 5.90. The van der Waals surface area contributed by atoms with Gasteiger partial charge in [-0.3, -0.25) is 9.79 Å². The van der Waals surface area contributed by atoms with Crippen molar-refractivity contribution in [1.82, 2.24) is 5.32 Å². The first kappa shape index (κ1) is 6.26. The lowest BCUT2D eigenvalue weighted by Gasteiger charge is -2.21. The van der Waals surface area contributed by atoms with Gasteiger partial charge in [0.25, 0.3) is 0 Å². The molecule has 9 heavy (non-hydrogen) atoms. The SMILES string of the molecule is CC1(C)CC(=O)NC=N1. The molecule has 1 amide bonds. The first-order valence-corrected chi connectivity index (χ1v) is 2.93. The van der Waals surface area contributed by atoms with Crippen molar-refractivity contribution >= 4 is 12.2 Å². The Labute approximate surface area is 54.2 Å². The van der Waals surface area contributed by atoms with Crippen molar-refractivity contribution in [3.8, 4) is 0 Å². The predicted octanol–water partition coefficient (Wildman–Crippen LogP) is 0.313. The van der Waals surface area contributed by atoms with Crippen LogP contribution in [0.2, 0.25) is 0 Å². The molecule has 0 saturated carbocycles. The zero-order valence-corrected chi connectivity index (χ0v) is 5.64. The van der Waals surface area contributed by atoms with E-state index in [-0.39, 0.29) is 11.4 Å². The molecule has 0 unspecified atom stereocenters. The molecule has 1 aliphatic rings. The molecule has 1 heterocycles. The standard InChI is InChI=1S/C6H10N2O/c1-6(2)3-5(9)7-4-8-6/h4H,3H2,1-2H3,(H,7,8,9). The molecular formula is C6H10N2O. The summed E-state index contributed by atoms with van der Waals surface area (Å²) in [5, 5.41) is 2.51. The summed E-state index contributed by atoms with van der Waals surface area (Å²) in [7, 11) is 0. The Morgan fingerprint density at radius 1 is 1.78 bits per heavy atom. The van der Waals surface area contributed by atoms with Gasteiger partial charge in [0.1, 0.15) is 0 Å². The minimum atomic E-state index is -0.192. The van der Waals surface area contributed by atoms with Gasteiger partial charge in [-0.05, 0) is 13.8 Å². The molecule has 0 aromatic carbocycles. The van der Waals surface area contributed by atoms with Gasteiger partial charge in [0.05, 0.1) is 18.3 Å². The summed E-state index contributed by atoms with van der Waals surface area (Å²) in [6.07, 6.45) is 1.95. The Balaban J connectivity index is 2.71. The van der Waals surface area contributed by atoms with Crippen LogP contribution in [0.25, 0.3) is 0 Å². The number of carbonyl (C=O) groups excluding carboxylic acids is 1. The smallest absolute Gasteiger partial charge is 0.227 e. The minimum Gasteiger partial charge on any atom is -0.317 e. The van der Waals surface area contributed by atoms with E-state index in [9.17, 15) is 4.79 Å². The van der Waals surface area contributed by atoms with Crippen molar-refractivity contribution in [3.63, 3.8) is 0 Å². The maximum atomic E-state index is 10.7. The van der Waals surface area contributed by atoms with Gasteiger partial charge in [-0.25, -0.2) is 0 Å². The Kier molecular flexibility index (Phi) is 1.27. The highest BCUT2D eigenvalue weighted by Crippen LogP contribution is 2.14. The summed E-state index contributed by atoms with van der Waals surface area (Å²) in [6, 6.07) is 0. The number of amides is 1. The molecular weight excluding hydrogens is 116 g/mol. The van der Waals surface area contributed by atoms with Crippen molar-refractivity contribution in [2.75, 3.05) is 0 Å². The molecule has 0 aliphatic carbocycles. The molecule has 3 nitrogen and oxygen atoms in total. The van der Waals surface area contributed by atoms with Crippen LogP contribution in [-0.2, 0) is 4.79 Å². The first-order valence-electron chi connectivity index (χ1n) is 2.93. The number of nitrogens with one attached hydrogen (secondary N) is 1. The molecule has 0 fully saturated rings. The molecule has 0 spiro atoms. The fraction of sp³-hybridized carbons (Fsp3) is 0.667. The average Bonchev–Trinajstić information content (AvgIpc) is 1.60. The summed E-state index contributed by atoms with van der Waals surface area (Å²) in [6.45, 7) is 3.87. The molecule has 50 valence electrons. The third-order valence-corrected chi connectivity index (χ3v) is 1.23. The molecule has 0 saturated heterocycles. The van der Waals surface area contributed by atoms with Gasteiger partial charge in [-0.1, -0.05) is 0 Å². The van der Waals surface area contributed by atoms with E-state index in [1.165, 1.54) is 6.34 Å². The molecule has 1 rings (SSSR count). The number of rotatable bonds is 0. The second kappa shape index (κ2) is 1.83. The summed E-state index contributed by atoms with van der Waals surface area (Å²) in [5.74, 6) is 0.0509. The van der Waals surface area contributed by atoms with E-state index < -0.39 is 0 Å². The van der Waals surface area contributed by atoms with Crippen molar-refractivity contribution in [2.45, 2.75) is 25.8 Å². The second-order valence-corrected chi connectivity index (χ2v) is 2.81. The van der Waals surface area contributed by atoms with Crippen molar-refractivity contribution < 1.29 is 4.79 Å². The minimum absolute atomic E-state index is 0.0509. The third-order valence-electron chi connectivity index (χ3n) is 1.23. The number of carbonyl (C=O) groups is 1. The lowest BCUT2D eigenvalue weighted by Crippen LogP contribution is -2.36. The Morgan fingerprint density at radius 2 is 2.44 bits per heavy atom. The summed E-state index contributed by atoms with van der Waals surface area (Å²) in [5.41, 5.74) is -0.192. The molecule has 0 atom stereocenters. The Morgan fingerprint density at radius 3 is 2.78 bits per heavy atom. The summed E-state index contributed by atoms with van der Waals surface area (Å²) in [4.78, 5) is 14.7. The van der Waals surface area contributed by atoms with Crippen LogP contribution in [0.4, 0.5) is 0 Å². The Bertz CT molecular complexity index is 160. The lowest BCUT2D eigenvalue weighted by atomic mass is 10.0. The van der Waals surface area contributed by atoms with E-state index in [4.69, 9.17) is 0 Å². The molecule has 3 heteroatoms. The van der Waals surface area contributed by atoms with Crippen LogP contribution in [-0.4, -0.2) is 17.8 Å². The van der Waals surface area contributed by atoms with Crippen LogP contribution in [0.15, 0.2) is 4.99 Å². The fourth-order valence-corrected chi connectivity index (χ4v) is 0.769. The average molecular weight is 126 g/mol. The van der Waals surface area contributed by atoms with Crippen molar-refractivity contribution in [3.05, 3.63) is 0 Å². The molecule has 0 aromatic heterocycles. The zero-order chi connectivity index (χ0) is 6.91. The summed E-state index contributed by atoms with van der Waals surface area (Å²) < 4.78 is 0. The summed E-state index contributed by atoms with van der Waals surface area (Å²) >= 11 is 0. The van der Waals surface area contributed by atoms with E-state index in [2.05, 4.69) is 10.3 Å². The van der Waals surface area contributed by atoms with Gasteiger partial charge >= 0.3 is 0 Å². The van der Waals surface area contributed by atoms with Gasteiger partial charge in [0.15, 0.2) is 0 Å².